The Morgan fingerprint density at radius 3 is 2.58 bits per heavy atom. The summed E-state index contributed by atoms with van der Waals surface area (Å²) in [6, 6.07) is 4.01. The van der Waals surface area contributed by atoms with Gasteiger partial charge < -0.3 is 5.73 Å². The lowest BCUT2D eigenvalue weighted by Gasteiger charge is -2.20. The monoisotopic (exact) mass is 313 g/mol. The van der Waals surface area contributed by atoms with E-state index in [1.807, 2.05) is 31.5 Å². The summed E-state index contributed by atoms with van der Waals surface area (Å²) in [6.07, 6.45) is 4.55. The van der Waals surface area contributed by atoms with Crippen molar-refractivity contribution in [3.8, 4) is 0 Å². The van der Waals surface area contributed by atoms with Crippen molar-refractivity contribution in [1.29, 1.82) is 0 Å². The summed E-state index contributed by atoms with van der Waals surface area (Å²) in [4.78, 5) is 9.84. The summed E-state index contributed by atoms with van der Waals surface area (Å²) < 4.78 is 0.786. The molecule has 0 saturated heterocycles. The van der Waals surface area contributed by atoms with E-state index in [1.54, 1.807) is 23.1 Å². The minimum atomic E-state index is 0.0598. The van der Waals surface area contributed by atoms with Gasteiger partial charge in [-0.25, -0.2) is 9.97 Å². The number of thioether (sulfide) groups is 1. The number of aryl methyl sites for hydroxylation is 1. The van der Waals surface area contributed by atoms with Crippen molar-refractivity contribution in [2.45, 2.75) is 36.7 Å². The highest BCUT2D eigenvalue weighted by Gasteiger charge is 2.22. The van der Waals surface area contributed by atoms with Gasteiger partial charge in [-0.3, -0.25) is 0 Å². The maximum absolute atomic E-state index is 6.22. The van der Waals surface area contributed by atoms with E-state index in [4.69, 9.17) is 17.3 Å². The summed E-state index contributed by atoms with van der Waals surface area (Å²) in [5.74, 6) is 0. The predicted molar refractivity (Wildman–Crippen MR) is 83.0 cm³/mol. The topological polar surface area (TPSA) is 51.8 Å². The molecule has 2 atom stereocenters. The third kappa shape index (κ3) is 3.92. The molecule has 2 aromatic rings. The molecule has 0 fully saturated rings. The van der Waals surface area contributed by atoms with Crippen LogP contribution in [0.3, 0.4) is 0 Å². The molecule has 0 bridgehead atoms. The van der Waals surface area contributed by atoms with Crippen molar-refractivity contribution < 1.29 is 0 Å². The van der Waals surface area contributed by atoms with Crippen LogP contribution in [-0.4, -0.2) is 16.0 Å². The van der Waals surface area contributed by atoms with Crippen LogP contribution >= 0.6 is 34.7 Å². The van der Waals surface area contributed by atoms with Gasteiger partial charge in [0.1, 0.15) is 0 Å². The van der Waals surface area contributed by atoms with Gasteiger partial charge in [0, 0.05) is 23.3 Å². The summed E-state index contributed by atoms with van der Waals surface area (Å²) in [5.41, 5.74) is 7.28. The molecule has 2 aromatic heterocycles. The lowest BCUT2D eigenvalue weighted by atomic mass is 10.1. The molecule has 2 N–H and O–H groups in total. The van der Waals surface area contributed by atoms with Crippen LogP contribution in [0.15, 0.2) is 29.7 Å². The summed E-state index contributed by atoms with van der Waals surface area (Å²) in [6.45, 7) is 4.06. The minimum absolute atomic E-state index is 0.0598. The molecule has 0 amide bonds. The van der Waals surface area contributed by atoms with Gasteiger partial charge in [-0.2, -0.15) is 0 Å². The van der Waals surface area contributed by atoms with E-state index in [9.17, 15) is 0 Å². The Labute approximate surface area is 126 Å². The second kappa shape index (κ2) is 6.70. The fourth-order valence-electron chi connectivity index (χ4n) is 1.61. The zero-order chi connectivity index (χ0) is 13.8. The van der Waals surface area contributed by atoms with Crippen molar-refractivity contribution in [3.05, 3.63) is 39.3 Å². The Bertz CT molecular complexity index is 527. The molecular formula is C13H16ClN3S2. The van der Waals surface area contributed by atoms with Crippen LogP contribution in [0.4, 0.5) is 0 Å². The van der Waals surface area contributed by atoms with Crippen LogP contribution in [0, 0.1) is 6.92 Å². The Morgan fingerprint density at radius 2 is 2.05 bits per heavy atom. The molecule has 0 saturated carbocycles. The van der Waals surface area contributed by atoms with E-state index in [1.165, 1.54) is 4.88 Å². The average Bonchev–Trinajstić information content (AvgIpc) is 2.83. The fourth-order valence-corrected chi connectivity index (χ4v) is 4.03. The van der Waals surface area contributed by atoms with Crippen molar-refractivity contribution in [3.63, 3.8) is 0 Å². The van der Waals surface area contributed by atoms with Crippen molar-refractivity contribution in [1.82, 2.24) is 9.97 Å². The Kier molecular flexibility index (Phi) is 5.21. The molecule has 102 valence electrons. The van der Waals surface area contributed by atoms with Crippen molar-refractivity contribution >= 4 is 34.7 Å². The summed E-state index contributed by atoms with van der Waals surface area (Å²) in [5, 5.41) is 0.897. The molecule has 19 heavy (non-hydrogen) atoms. The highest BCUT2D eigenvalue weighted by atomic mass is 35.5. The van der Waals surface area contributed by atoms with E-state index in [0.717, 1.165) is 21.5 Å². The number of hydrogen-bond donors (Lipinski definition) is 1. The number of nitrogens with zero attached hydrogens (tertiary/aromatic N) is 2. The zero-order valence-electron chi connectivity index (χ0n) is 10.8. The average molecular weight is 314 g/mol. The van der Waals surface area contributed by atoms with E-state index in [2.05, 4.69) is 16.9 Å². The molecule has 0 aliphatic heterocycles. The maximum atomic E-state index is 6.22. The van der Waals surface area contributed by atoms with Crippen LogP contribution in [0.2, 0.25) is 4.34 Å². The van der Waals surface area contributed by atoms with Crippen LogP contribution in [-0.2, 0) is 0 Å². The van der Waals surface area contributed by atoms with Crippen molar-refractivity contribution in [2.75, 3.05) is 0 Å². The summed E-state index contributed by atoms with van der Waals surface area (Å²) >= 11 is 9.19. The first-order valence-electron chi connectivity index (χ1n) is 6.06. The molecule has 0 spiro atoms. The molecule has 0 radical (unpaired) electrons. The van der Waals surface area contributed by atoms with Crippen LogP contribution in [0.25, 0.3) is 0 Å². The molecule has 0 aromatic carbocycles. The Hall–Kier alpha value is -0.620. The van der Waals surface area contributed by atoms with E-state index in [-0.39, 0.29) is 11.3 Å². The molecule has 2 heterocycles. The highest BCUT2D eigenvalue weighted by Crippen LogP contribution is 2.40. The number of halogens is 1. The van der Waals surface area contributed by atoms with Gasteiger partial charge in [-0.05, 0) is 31.0 Å². The first kappa shape index (κ1) is 14.8. The number of aromatic nitrogens is 2. The molecule has 2 unspecified atom stereocenters. The van der Waals surface area contributed by atoms with Crippen LogP contribution in [0.1, 0.15) is 29.0 Å². The van der Waals surface area contributed by atoms with Gasteiger partial charge in [0.25, 0.3) is 0 Å². The minimum Gasteiger partial charge on any atom is -0.326 e. The number of thiophene rings is 1. The highest BCUT2D eigenvalue weighted by molar-refractivity contribution is 7.99. The number of rotatable bonds is 5. The lowest BCUT2D eigenvalue weighted by molar-refractivity contribution is 0.638. The van der Waals surface area contributed by atoms with Gasteiger partial charge in [0.05, 0.1) is 9.59 Å². The van der Waals surface area contributed by atoms with Crippen LogP contribution in [0.5, 0.6) is 0 Å². The maximum Gasteiger partial charge on any atom is 0.188 e. The quantitative estimate of drug-likeness (QED) is 0.668. The number of nitrogens with two attached hydrogens (primary N) is 1. The first-order chi connectivity index (χ1) is 9.10. The van der Waals surface area contributed by atoms with E-state index in [0.29, 0.717) is 0 Å². The molecular weight excluding hydrogens is 298 g/mol. The smallest absolute Gasteiger partial charge is 0.188 e. The lowest BCUT2D eigenvalue weighted by Crippen LogP contribution is -2.25. The fraction of sp³-hybridized carbons (Fsp3) is 0.385. The van der Waals surface area contributed by atoms with Gasteiger partial charge in [-0.1, -0.05) is 30.3 Å². The SMILES string of the molecule is CCC(N)C(Sc1ncc(C)cn1)c1ccc(Cl)s1. The molecule has 3 nitrogen and oxygen atoms in total. The standard InChI is InChI=1S/C13H16ClN3S2/c1-3-9(15)12(10-4-5-11(14)18-10)19-13-16-6-8(2)7-17-13/h4-7,9,12H,3,15H2,1-2H3. The second-order valence-corrected chi connectivity index (χ2v) is 7.15. The second-order valence-electron chi connectivity index (χ2n) is 4.30. The third-order valence-electron chi connectivity index (χ3n) is 2.72. The van der Waals surface area contributed by atoms with Crippen LogP contribution < -0.4 is 5.73 Å². The molecule has 6 heteroatoms. The normalized spacial score (nSPS) is 14.3. The molecule has 0 aliphatic rings. The number of hydrogen-bond acceptors (Lipinski definition) is 5. The zero-order valence-corrected chi connectivity index (χ0v) is 13.2. The van der Waals surface area contributed by atoms with Crippen molar-refractivity contribution in [2.24, 2.45) is 5.73 Å². The van der Waals surface area contributed by atoms with Gasteiger partial charge in [0.15, 0.2) is 5.16 Å². The van der Waals surface area contributed by atoms with Gasteiger partial charge in [0.2, 0.25) is 0 Å². The third-order valence-corrected chi connectivity index (χ3v) is 5.47. The molecule has 0 aliphatic carbocycles. The van der Waals surface area contributed by atoms with E-state index >= 15 is 0 Å². The van der Waals surface area contributed by atoms with Gasteiger partial charge in [-0.15, -0.1) is 11.3 Å². The molecule has 2 rings (SSSR count). The summed E-state index contributed by atoms with van der Waals surface area (Å²) in [7, 11) is 0. The van der Waals surface area contributed by atoms with Gasteiger partial charge >= 0.3 is 0 Å². The first-order valence-corrected chi connectivity index (χ1v) is 8.13. The predicted octanol–water partition coefficient (Wildman–Crippen LogP) is 4.07. The van der Waals surface area contributed by atoms with E-state index < -0.39 is 0 Å². The Morgan fingerprint density at radius 1 is 1.37 bits per heavy atom. The Balaban J connectivity index is 2.21. The largest absolute Gasteiger partial charge is 0.326 e.